The molecular formula is C7H13N3O. The van der Waals surface area contributed by atoms with Crippen molar-refractivity contribution in [2.45, 2.75) is 13.8 Å². The summed E-state index contributed by atoms with van der Waals surface area (Å²) in [4.78, 5) is 9.05. The molecule has 1 heterocycles. The molecule has 0 aromatic rings. The summed E-state index contributed by atoms with van der Waals surface area (Å²) < 4.78 is 0. The molecule has 0 amide bonds. The number of rotatable bonds is 3. The summed E-state index contributed by atoms with van der Waals surface area (Å²) in [6, 6.07) is 0. The van der Waals surface area contributed by atoms with Crippen molar-refractivity contribution in [3.05, 3.63) is 11.4 Å². The van der Waals surface area contributed by atoms with E-state index in [1.807, 2.05) is 13.8 Å². The van der Waals surface area contributed by atoms with Gasteiger partial charge in [0.25, 0.3) is 0 Å². The van der Waals surface area contributed by atoms with E-state index in [1.54, 1.807) is 6.34 Å². The summed E-state index contributed by atoms with van der Waals surface area (Å²) in [7, 11) is 0. The summed E-state index contributed by atoms with van der Waals surface area (Å²) in [5, 5.41) is 2.99. The molecule has 4 nitrogen and oxygen atoms in total. The molecule has 0 spiro atoms. The third-order valence-electron chi connectivity index (χ3n) is 1.41. The second-order valence-electron chi connectivity index (χ2n) is 2.25. The molecule has 1 rings (SSSR count). The first-order chi connectivity index (χ1) is 5.34. The van der Waals surface area contributed by atoms with Crippen LogP contribution in [0.1, 0.15) is 13.8 Å². The fourth-order valence-corrected chi connectivity index (χ4v) is 0.753. The van der Waals surface area contributed by atoms with Gasteiger partial charge in [-0.25, -0.2) is 0 Å². The van der Waals surface area contributed by atoms with Gasteiger partial charge in [0.05, 0.1) is 25.2 Å². The Morgan fingerprint density at radius 1 is 1.82 bits per heavy atom. The zero-order chi connectivity index (χ0) is 8.10. The molecule has 2 N–H and O–H groups in total. The van der Waals surface area contributed by atoms with E-state index < -0.39 is 0 Å². The van der Waals surface area contributed by atoms with Crippen LogP contribution in [-0.4, -0.2) is 19.5 Å². The number of allylic oxidation sites excluding steroid dienone is 1. The topological polar surface area (TPSA) is 45.6 Å². The number of nitrogens with one attached hydrogen (secondary N) is 2. The summed E-state index contributed by atoms with van der Waals surface area (Å²) >= 11 is 0. The average Bonchev–Trinajstić information content (AvgIpc) is 2.03. The Morgan fingerprint density at radius 2 is 2.64 bits per heavy atom. The van der Waals surface area contributed by atoms with E-state index in [2.05, 4.69) is 15.8 Å². The second kappa shape index (κ2) is 3.98. The zero-order valence-corrected chi connectivity index (χ0v) is 6.85. The minimum Gasteiger partial charge on any atom is -0.349 e. The Morgan fingerprint density at radius 3 is 3.27 bits per heavy atom. The van der Waals surface area contributed by atoms with Gasteiger partial charge in [-0.1, -0.05) is 0 Å². The summed E-state index contributed by atoms with van der Waals surface area (Å²) in [6.07, 6.45) is 1.69. The number of aliphatic imine (C=N–C) groups is 1. The van der Waals surface area contributed by atoms with Gasteiger partial charge in [-0.15, -0.1) is 0 Å². The summed E-state index contributed by atoms with van der Waals surface area (Å²) in [6.45, 7) is 5.23. The summed E-state index contributed by atoms with van der Waals surface area (Å²) in [5.41, 5.74) is 4.88. The van der Waals surface area contributed by atoms with Crippen LogP contribution in [0.15, 0.2) is 16.4 Å². The molecule has 62 valence electrons. The van der Waals surface area contributed by atoms with Gasteiger partial charge in [0.1, 0.15) is 0 Å². The van der Waals surface area contributed by atoms with Gasteiger partial charge in [-0.2, -0.15) is 0 Å². The summed E-state index contributed by atoms with van der Waals surface area (Å²) in [5.74, 6) is 0. The maximum atomic E-state index is 5.02. The molecule has 0 saturated heterocycles. The Labute approximate surface area is 66.3 Å². The molecule has 1 aliphatic heterocycles. The third kappa shape index (κ3) is 2.23. The highest BCUT2D eigenvalue weighted by atomic mass is 16.6. The Bertz CT molecular complexity index is 186. The smallest absolute Gasteiger partial charge is 0.0870 e. The lowest BCUT2D eigenvalue weighted by atomic mass is 10.3. The highest BCUT2D eigenvalue weighted by Crippen LogP contribution is 2.00. The maximum Gasteiger partial charge on any atom is 0.0870 e. The predicted octanol–water partition coefficient (Wildman–Crippen LogP) is 0.391. The fourth-order valence-electron chi connectivity index (χ4n) is 0.753. The minimum atomic E-state index is 0.653. The van der Waals surface area contributed by atoms with E-state index in [1.165, 1.54) is 0 Å². The average molecular weight is 155 g/mol. The minimum absolute atomic E-state index is 0.653. The molecule has 0 radical (unpaired) electrons. The number of hydrogen-bond donors (Lipinski definition) is 2. The quantitative estimate of drug-likeness (QED) is 0.579. The molecule has 0 aromatic heterocycles. The fraction of sp³-hybridized carbons (Fsp3) is 0.571. The van der Waals surface area contributed by atoms with Crippen molar-refractivity contribution in [1.82, 2.24) is 10.8 Å². The van der Waals surface area contributed by atoms with Gasteiger partial charge >= 0.3 is 0 Å². The van der Waals surface area contributed by atoms with Crippen LogP contribution in [0, 0.1) is 0 Å². The molecule has 0 atom stereocenters. The van der Waals surface area contributed by atoms with E-state index in [0.29, 0.717) is 13.2 Å². The van der Waals surface area contributed by atoms with Crippen LogP contribution in [0.2, 0.25) is 0 Å². The van der Waals surface area contributed by atoms with Gasteiger partial charge in [0.2, 0.25) is 0 Å². The lowest BCUT2D eigenvalue weighted by molar-refractivity contribution is 0.0716. The Kier molecular flexibility index (Phi) is 2.92. The van der Waals surface area contributed by atoms with Crippen molar-refractivity contribution in [2.75, 3.05) is 13.2 Å². The van der Waals surface area contributed by atoms with Crippen molar-refractivity contribution in [2.24, 2.45) is 4.99 Å². The molecule has 0 unspecified atom stereocenters. The van der Waals surface area contributed by atoms with Crippen LogP contribution in [0.25, 0.3) is 0 Å². The molecule has 0 saturated carbocycles. The molecule has 0 aromatic carbocycles. The Balaban J connectivity index is 2.41. The van der Waals surface area contributed by atoms with Crippen LogP contribution >= 0.6 is 0 Å². The van der Waals surface area contributed by atoms with Crippen LogP contribution in [-0.2, 0) is 4.84 Å². The van der Waals surface area contributed by atoms with Crippen LogP contribution in [0.5, 0.6) is 0 Å². The molecule has 4 heteroatoms. The highest BCUT2D eigenvalue weighted by molar-refractivity contribution is 5.59. The van der Waals surface area contributed by atoms with E-state index in [4.69, 9.17) is 4.84 Å². The predicted molar refractivity (Wildman–Crippen MR) is 44.0 cm³/mol. The van der Waals surface area contributed by atoms with Gasteiger partial charge in [-0.05, 0) is 13.8 Å². The van der Waals surface area contributed by atoms with Crippen molar-refractivity contribution in [3.63, 3.8) is 0 Å². The van der Waals surface area contributed by atoms with Crippen molar-refractivity contribution in [3.8, 4) is 0 Å². The van der Waals surface area contributed by atoms with Gasteiger partial charge in [-0.3, -0.25) is 15.3 Å². The van der Waals surface area contributed by atoms with E-state index in [9.17, 15) is 0 Å². The molecule has 0 bridgehead atoms. The first kappa shape index (κ1) is 8.07. The highest BCUT2D eigenvalue weighted by Gasteiger charge is 2.03. The molecule has 11 heavy (non-hydrogen) atoms. The SMILES string of the molecule is CCONC1=C(C)NC=NC1. The Hall–Kier alpha value is -1.03. The molecule has 0 fully saturated rings. The maximum absolute atomic E-state index is 5.02. The van der Waals surface area contributed by atoms with Gasteiger partial charge in [0, 0.05) is 5.70 Å². The van der Waals surface area contributed by atoms with Gasteiger partial charge < -0.3 is 5.32 Å². The second-order valence-corrected chi connectivity index (χ2v) is 2.25. The van der Waals surface area contributed by atoms with Crippen LogP contribution < -0.4 is 10.8 Å². The lowest BCUT2D eigenvalue weighted by Crippen LogP contribution is -2.26. The van der Waals surface area contributed by atoms with Crippen LogP contribution in [0.4, 0.5) is 0 Å². The number of hydroxylamine groups is 1. The zero-order valence-electron chi connectivity index (χ0n) is 6.85. The molecule has 1 aliphatic rings. The number of hydrogen-bond acceptors (Lipinski definition) is 4. The monoisotopic (exact) mass is 155 g/mol. The molecule has 0 aliphatic carbocycles. The van der Waals surface area contributed by atoms with E-state index >= 15 is 0 Å². The number of nitrogens with zero attached hydrogens (tertiary/aromatic N) is 1. The van der Waals surface area contributed by atoms with E-state index in [0.717, 1.165) is 11.4 Å². The van der Waals surface area contributed by atoms with Crippen molar-refractivity contribution in [1.29, 1.82) is 0 Å². The van der Waals surface area contributed by atoms with E-state index in [-0.39, 0.29) is 0 Å². The third-order valence-corrected chi connectivity index (χ3v) is 1.41. The molecular weight excluding hydrogens is 142 g/mol. The standard InChI is InChI=1S/C7H13N3O/c1-3-11-10-7-4-8-5-9-6(7)2/h5,10H,3-4H2,1-2H3,(H,8,9). The van der Waals surface area contributed by atoms with Crippen molar-refractivity contribution < 1.29 is 4.84 Å². The van der Waals surface area contributed by atoms with Crippen molar-refractivity contribution >= 4 is 6.34 Å². The first-order valence-corrected chi connectivity index (χ1v) is 3.67. The van der Waals surface area contributed by atoms with Gasteiger partial charge in [0.15, 0.2) is 0 Å². The first-order valence-electron chi connectivity index (χ1n) is 3.67. The normalized spacial score (nSPS) is 16.5. The largest absolute Gasteiger partial charge is 0.349 e. The lowest BCUT2D eigenvalue weighted by Gasteiger charge is -2.14. The van der Waals surface area contributed by atoms with Crippen LogP contribution in [0.3, 0.4) is 0 Å².